The lowest BCUT2D eigenvalue weighted by atomic mass is 10.0. The van der Waals surface area contributed by atoms with E-state index in [0.29, 0.717) is 60.9 Å². The molecule has 7 nitrogen and oxygen atoms in total. The van der Waals surface area contributed by atoms with Crippen LogP contribution in [0.4, 0.5) is 0 Å². The molecule has 30 heavy (non-hydrogen) atoms. The van der Waals surface area contributed by atoms with E-state index in [4.69, 9.17) is 14.6 Å². The maximum absolute atomic E-state index is 12.3. The van der Waals surface area contributed by atoms with E-state index < -0.39 is 16.8 Å². The molecular formula is C21H30O7S2. The number of hydrogen-bond acceptors (Lipinski definition) is 7. The highest BCUT2D eigenvalue weighted by Crippen LogP contribution is 2.33. The molecule has 0 bridgehead atoms. The third kappa shape index (κ3) is 7.59. The van der Waals surface area contributed by atoms with E-state index in [2.05, 4.69) is 0 Å². The molecule has 9 heteroatoms. The SMILES string of the molecule is CCCc1c(OCCCS(=O)CC2COC(CCC(=O)O)S2)ccc(C(C)=O)c1O. The molecule has 3 atom stereocenters. The van der Waals surface area contributed by atoms with Gasteiger partial charge in [-0.05, 0) is 38.3 Å². The molecule has 1 aromatic rings. The summed E-state index contributed by atoms with van der Waals surface area (Å²) in [7, 11) is -1.01. The predicted octanol–water partition coefficient (Wildman–Crippen LogP) is 3.39. The third-order valence-corrected chi connectivity index (χ3v) is 7.76. The topological polar surface area (TPSA) is 110 Å². The number of carboxylic acid groups (broad SMARTS) is 1. The Labute approximate surface area is 184 Å². The fourth-order valence-electron chi connectivity index (χ4n) is 3.21. The van der Waals surface area contributed by atoms with Crippen LogP contribution in [0.15, 0.2) is 12.1 Å². The number of hydrogen-bond donors (Lipinski definition) is 2. The number of phenols is 1. The molecule has 3 unspecified atom stereocenters. The van der Waals surface area contributed by atoms with Gasteiger partial charge in [-0.3, -0.25) is 13.8 Å². The van der Waals surface area contributed by atoms with Gasteiger partial charge >= 0.3 is 5.97 Å². The van der Waals surface area contributed by atoms with Gasteiger partial charge in [-0.25, -0.2) is 0 Å². The molecule has 0 saturated carbocycles. The molecule has 0 amide bonds. The molecule has 2 N–H and O–H groups in total. The van der Waals surface area contributed by atoms with E-state index in [1.807, 2.05) is 6.92 Å². The number of ketones is 1. The van der Waals surface area contributed by atoms with Gasteiger partial charge in [0.15, 0.2) is 5.78 Å². The van der Waals surface area contributed by atoms with E-state index >= 15 is 0 Å². The van der Waals surface area contributed by atoms with Crippen molar-refractivity contribution in [3.05, 3.63) is 23.3 Å². The van der Waals surface area contributed by atoms with Crippen molar-refractivity contribution in [2.75, 3.05) is 24.7 Å². The lowest BCUT2D eigenvalue weighted by molar-refractivity contribution is -0.137. The summed E-state index contributed by atoms with van der Waals surface area (Å²) < 4.78 is 23.7. The van der Waals surface area contributed by atoms with E-state index in [0.717, 1.165) is 6.42 Å². The number of ether oxygens (including phenoxy) is 2. The Morgan fingerprint density at radius 3 is 2.80 bits per heavy atom. The molecule has 1 aliphatic rings. The molecule has 168 valence electrons. The van der Waals surface area contributed by atoms with Gasteiger partial charge in [0.2, 0.25) is 0 Å². The molecule has 0 radical (unpaired) electrons. The largest absolute Gasteiger partial charge is 0.507 e. The summed E-state index contributed by atoms with van der Waals surface area (Å²) in [6.45, 7) is 4.28. The van der Waals surface area contributed by atoms with Crippen molar-refractivity contribution < 1.29 is 33.5 Å². The Morgan fingerprint density at radius 1 is 1.37 bits per heavy atom. The van der Waals surface area contributed by atoms with Crippen molar-refractivity contribution >= 4 is 34.3 Å². The van der Waals surface area contributed by atoms with Crippen LogP contribution in [0.1, 0.15) is 55.5 Å². The number of phenolic OH excluding ortho intramolecular Hbond substituents is 1. The van der Waals surface area contributed by atoms with Crippen molar-refractivity contribution in [1.82, 2.24) is 0 Å². The summed E-state index contributed by atoms with van der Waals surface area (Å²) in [6, 6.07) is 3.28. The number of thioether (sulfide) groups is 1. The average molecular weight is 459 g/mol. The maximum Gasteiger partial charge on any atom is 0.303 e. The Balaban J connectivity index is 1.76. The summed E-state index contributed by atoms with van der Waals surface area (Å²) in [5.74, 6) is 0.539. The lowest BCUT2D eigenvalue weighted by Gasteiger charge is -2.15. The molecule has 1 fully saturated rings. The molecule has 1 heterocycles. The number of carboxylic acids is 1. The maximum atomic E-state index is 12.3. The minimum absolute atomic E-state index is 0.0128. The number of carbonyl (C=O) groups is 2. The van der Waals surface area contributed by atoms with Crippen LogP contribution >= 0.6 is 11.8 Å². The summed E-state index contributed by atoms with van der Waals surface area (Å²) in [6.07, 6.45) is 2.56. The van der Waals surface area contributed by atoms with Crippen molar-refractivity contribution in [2.45, 2.75) is 56.6 Å². The van der Waals surface area contributed by atoms with Gasteiger partial charge in [-0.15, -0.1) is 11.8 Å². The van der Waals surface area contributed by atoms with Crippen molar-refractivity contribution in [1.29, 1.82) is 0 Å². The molecule has 1 aliphatic heterocycles. The number of Topliss-reactive ketones (excluding diaryl/α,β-unsaturated/α-hetero) is 1. The molecular weight excluding hydrogens is 428 g/mol. The van der Waals surface area contributed by atoms with Crippen molar-refractivity contribution in [3.8, 4) is 11.5 Å². The second kappa shape index (κ2) is 12.3. The van der Waals surface area contributed by atoms with Crippen LogP contribution in [0, 0.1) is 0 Å². The van der Waals surface area contributed by atoms with Gasteiger partial charge in [-0.2, -0.15) is 0 Å². The smallest absolute Gasteiger partial charge is 0.303 e. The zero-order valence-corrected chi connectivity index (χ0v) is 19.1. The zero-order valence-electron chi connectivity index (χ0n) is 17.4. The molecule has 0 spiro atoms. The molecule has 0 aliphatic carbocycles. The number of aliphatic carboxylic acids is 1. The Bertz CT molecular complexity index is 766. The highest BCUT2D eigenvalue weighted by molar-refractivity contribution is 8.01. The summed E-state index contributed by atoms with van der Waals surface area (Å²) in [5, 5.41) is 19.2. The van der Waals surface area contributed by atoms with E-state index in [-0.39, 0.29) is 28.6 Å². The minimum atomic E-state index is -1.01. The van der Waals surface area contributed by atoms with Crippen molar-refractivity contribution in [3.63, 3.8) is 0 Å². The molecule has 1 aromatic carbocycles. The average Bonchev–Trinajstić information content (AvgIpc) is 3.13. The van der Waals surface area contributed by atoms with Crippen LogP contribution < -0.4 is 4.74 Å². The van der Waals surface area contributed by atoms with Gasteiger partial charge in [-0.1, -0.05) is 13.3 Å². The first kappa shape index (κ1) is 24.7. The summed E-state index contributed by atoms with van der Waals surface area (Å²) in [5.41, 5.74) is 0.803. The van der Waals surface area contributed by atoms with Gasteiger partial charge in [0, 0.05) is 39.5 Å². The number of rotatable bonds is 13. The first-order chi connectivity index (χ1) is 14.3. The first-order valence-electron chi connectivity index (χ1n) is 10.1. The highest BCUT2D eigenvalue weighted by atomic mass is 32.2. The Morgan fingerprint density at radius 2 is 2.13 bits per heavy atom. The van der Waals surface area contributed by atoms with E-state index in [9.17, 15) is 18.9 Å². The standard InChI is InChI=1S/C21H30O7S2/c1-3-5-17-18(7-6-16(14(2)22)21(17)25)27-10-4-11-30(26)13-15-12-28-20(29-15)9-8-19(23)24/h6-7,15,20,25H,3-5,8-13H2,1-2H3,(H,23,24). The van der Waals surface area contributed by atoms with Crippen LogP contribution in [-0.2, 0) is 26.8 Å². The lowest BCUT2D eigenvalue weighted by Crippen LogP contribution is -2.17. The summed E-state index contributed by atoms with van der Waals surface area (Å²) >= 11 is 1.56. The first-order valence-corrected chi connectivity index (χ1v) is 12.6. The quantitative estimate of drug-likeness (QED) is 0.342. The second-order valence-corrected chi connectivity index (χ2v) is 10.3. The summed E-state index contributed by atoms with van der Waals surface area (Å²) in [4.78, 5) is 22.3. The Hall–Kier alpha value is -1.58. The van der Waals surface area contributed by atoms with Crippen molar-refractivity contribution in [2.24, 2.45) is 0 Å². The number of benzene rings is 1. The third-order valence-electron chi connectivity index (χ3n) is 4.67. The Kier molecular flexibility index (Phi) is 10.1. The monoisotopic (exact) mass is 458 g/mol. The molecule has 0 aromatic heterocycles. The van der Waals surface area contributed by atoms with Crippen LogP contribution in [0.2, 0.25) is 0 Å². The van der Waals surface area contributed by atoms with E-state index in [1.54, 1.807) is 23.9 Å². The second-order valence-electron chi connectivity index (χ2n) is 7.21. The van der Waals surface area contributed by atoms with Gasteiger partial charge in [0.05, 0.1) is 18.8 Å². The normalized spacial score (nSPS) is 19.5. The fraction of sp³-hybridized carbons (Fsp3) is 0.619. The highest BCUT2D eigenvalue weighted by Gasteiger charge is 2.27. The van der Waals surface area contributed by atoms with Gasteiger partial charge in [0.1, 0.15) is 16.9 Å². The van der Waals surface area contributed by atoms with Crippen LogP contribution in [0.25, 0.3) is 0 Å². The van der Waals surface area contributed by atoms with Gasteiger partial charge in [0.25, 0.3) is 0 Å². The fourth-order valence-corrected chi connectivity index (χ4v) is 6.09. The number of carbonyl (C=O) groups excluding carboxylic acids is 1. The molecule has 2 rings (SSSR count). The van der Waals surface area contributed by atoms with Crippen LogP contribution in [0.5, 0.6) is 11.5 Å². The minimum Gasteiger partial charge on any atom is -0.507 e. The van der Waals surface area contributed by atoms with Crippen LogP contribution in [-0.4, -0.2) is 61.6 Å². The number of aromatic hydroxyl groups is 1. The van der Waals surface area contributed by atoms with Crippen LogP contribution in [0.3, 0.4) is 0 Å². The van der Waals surface area contributed by atoms with E-state index in [1.165, 1.54) is 6.92 Å². The molecule has 1 saturated heterocycles. The zero-order chi connectivity index (χ0) is 22.1. The van der Waals surface area contributed by atoms with Gasteiger partial charge < -0.3 is 19.7 Å². The predicted molar refractivity (Wildman–Crippen MR) is 118 cm³/mol.